The van der Waals surface area contributed by atoms with Gasteiger partial charge in [0.1, 0.15) is 11.6 Å². The molecule has 2 aromatic carbocycles. The number of carbonyl (C=O) groups excluding carboxylic acids is 1. The number of amides is 1. The van der Waals surface area contributed by atoms with Crippen LogP contribution in [0.3, 0.4) is 0 Å². The summed E-state index contributed by atoms with van der Waals surface area (Å²) >= 11 is 5.74. The molecule has 0 aromatic heterocycles. The highest BCUT2D eigenvalue weighted by atomic mass is 35.5. The summed E-state index contributed by atoms with van der Waals surface area (Å²) in [4.78, 5) is 11.9. The summed E-state index contributed by atoms with van der Waals surface area (Å²) in [6, 6.07) is 7.61. The average Bonchev–Trinajstić information content (AvgIpc) is 2.32. The zero-order valence-corrected chi connectivity index (χ0v) is 10.3. The van der Waals surface area contributed by atoms with Gasteiger partial charge in [-0.15, -0.1) is 0 Å². The van der Waals surface area contributed by atoms with Gasteiger partial charge in [-0.1, -0.05) is 17.7 Å². The van der Waals surface area contributed by atoms with Gasteiger partial charge in [-0.05, 0) is 30.3 Å². The maximum atomic E-state index is 13.5. The van der Waals surface area contributed by atoms with Gasteiger partial charge in [-0.3, -0.25) is 4.79 Å². The molecule has 0 heterocycles. The van der Waals surface area contributed by atoms with Gasteiger partial charge in [0.15, 0.2) is 0 Å². The van der Waals surface area contributed by atoms with Crippen molar-refractivity contribution in [1.82, 2.24) is 0 Å². The van der Waals surface area contributed by atoms with Gasteiger partial charge in [-0.25, -0.2) is 8.78 Å². The van der Waals surface area contributed by atoms with Gasteiger partial charge in [0.05, 0.1) is 16.3 Å². The van der Waals surface area contributed by atoms with E-state index >= 15 is 0 Å². The third-order valence-electron chi connectivity index (χ3n) is 2.43. The minimum absolute atomic E-state index is 0.0478. The largest absolute Gasteiger partial charge is 0.399 e. The van der Waals surface area contributed by atoms with E-state index < -0.39 is 17.5 Å². The minimum Gasteiger partial charge on any atom is -0.399 e. The highest BCUT2D eigenvalue weighted by molar-refractivity contribution is 6.34. The zero-order chi connectivity index (χ0) is 14.0. The first kappa shape index (κ1) is 13.3. The summed E-state index contributed by atoms with van der Waals surface area (Å²) in [6.07, 6.45) is 0. The Morgan fingerprint density at radius 2 is 1.89 bits per heavy atom. The van der Waals surface area contributed by atoms with Crippen LogP contribution in [0.15, 0.2) is 36.4 Å². The third-order valence-corrected chi connectivity index (χ3v) is 2.75. The van der Waals surface area contributed by atoms with Crippen molar-refractivity contribution in [2.45, 2.75) is 0 Å². The number of carbonyl (C=O) groups is 1. The van der Waals surface area contributed by atoms with Gasteiger partial charge >= 0.3 is 0 Å². The number of halogens is 3. The number of nitrogen functional groups attached to an aromatic ring is 1. The molecule has 6 heteroatoms. The van der Waals surface area contributed by atoms with E-state index in [1.165, 1.54) is 24.3 Å². The fourth-order valence-corrected chi connectivity index (χ4v) is 1.78. The maximum absolute atomic E-state index is 13.5. The Morgan fingerprint density at radius 1 is 1.16 bits per heavy atom. The molecule has 1 amide bonds. The number of hydrogen-bond donors (Lipinski definition) is 2. The fourth-order valence-electron chi connectivity index (χ4n) is 1.53. The van der Waals surface area contributed by atoms with Crippen molar-refractivity contribution in [3.8, 4) is 0 Å². The molecule has 0 saturated carbocycles. The molecule has 0 saturated heterocycles. The van der Waals surface area contributed by atoms with E-state index in [-0.39, 0.29) is 22.0 Å². The molecule has 2 rings (SSSR count). The Hall–Kier alpha value is -2.14. The summed E-state index contributed by atoms with van der Waals surface area (Å²) in [5, 5.41) is 2.19. The number of benzene rings is 2. The van der Waals surface area contributed by atoms with Crippen LogP contribution in [-0.2, 0) is 0 Å². The Labute approximate surface area is 113 Å². The SMILES string of the molecule is Nc1ccc(NC(=O)c2c(F)cccc2Cl)c(F)c1. The molecule has 0 aliphatic heterocycles. The molecule has 0 atom stereocenters. The second-order valence-corrected chi connectivity index (χ2v) is 4.20. The number of hydrogen-bond acceptors (Lipinski definition) is 2. The van der Waals surface area contributed by atoms with E-state index in [1.54, 1.807) is 0 Å². The van der Waals surface area contributed by atoms with Crippen molar-refractivity contribution < 1.29 is 13.6 Å². The van der Waals surface area contributed by atoms with E-state index in [9.17, 15) is 13.6 Å². The number of nitrogens with two attached hydrogens (primary N) is 1. The van der Waals surface area contributed by atoms with Crippen molar-refractivity contribution in [3.05, 3.63) is 58.6 Å². The standard InChI is InChI=1S/C13H9ClF2N2O/c14-8-2-1-3-9(15)12(8)13(19)18-11-5-4-7(17)6-10(11)16/h1-6H,17H2,(H,18,19). The lowest BCUT2D eigenvalue weighted by atomic mass is 10.2. The Bertz CT molecular complexity index is 626. The smallest absolute Gasteiger partial charge is 0.260 e. The van der Waals surface area contributed by atoms with E-state index in [2.05, 4.69) is 5.32 Å². The van der Waals surface area contributed by atoms with E-state index in [0.29, 0.717) is 0 Å². The summed E-state index contributed by atoms with van der Waals surface area (Å²) < 4.78 is 27.0. The van der Waals surface area contributed by atoms with Crippen LogP contribution in [0.4, 0.5) is 20.2 Å². The lowest BCUT2D eigenvalue weighted by Gasteiger charge is -2.08. The number of anilines is 2. The highest BCUT2D eigenvalue weighted by Crippen LogP contribution is 2.22. The first-order valence-electron chi connectivity index (χ1n) is 5.29. The molecule has 0 bridgehead atoms. The normalized spacial score (nSPS) is 10.3. The van der Waals surface area contributed by atoms with Crippen molar-refractivity contribution in [1.29, 1.82) is 0 Å². The van der Waals surface area contributed by atoms with Crippen molar-refractivity contribution in [3.63, 3.8) is 0 Å². The average molecular weight is 283 g/mol. The monoisotopic (exact) mass is 282 g/mol. The third kappa shape index (κ3) is 2.82. The van der Waals surface area contributed by atoms with Crippen molar-refractivity contribution >= 4 is 28.9 Å². The first-order chi connectivity index (χ1) is 8.99. The molecule has 0 fully saturated rings. The molecule has 0 radical (unpaired) electrons. The number of nitrogens with one attached hydrogen (secondary N) is 1. The molecule has 0 aliphatic rings. The fraction of sp³-hybridized carbons (Fsp3) is 0. The molecular formula is C13H9ClF2N2O. The topological polar surface area (TPSA) is 55.1 Å². The van der Waals surface area contributed by atoms with Gasteiger partial charge in [0, 0.05) is 5.69 Å². The van der Waals surface area contributed by atoms with E-state index in [4.69, 9.17) is 17.3 Å². The molecular weight excluding hydrogens is 274 g/mol. The summed E-state index contributed by atoms with van der Waals surface area (Å²) in [6.45, 7) is 0. The number of rotatable bonds is 2. The summed E-state index contributed by atoms with van der Waals surface area (Å²) in [5.41, 5.74) is 5.17. The van der Waals surface area contributed by atoms with Crippen LogP contribution in [0.25, 0.3) is 0 Å². The molecule has 3 nitrogen and oxygen atoms in total. The van der Waals surface area contributed by atoms with Crippen LogP contribution in [0, 0.1) is 11.6 Å². The Kier molecular flexibility index (Phi) is 3.66. The highest BCUT2D eigenvalue weighted by Gasteiger charge is 2.17. The summed E-state index contributed by atoms with van der Waals surface area (Å²) in [5.74, 6) is -2.31. The van der Waals surface area contributed by atoms with Crippen LogP contribution in [0.1, 0.15) is 10.4 Å². The van der Waals surface area contributed by atoms with E-state index in [0.717, 1.165) is 12.1 Å². The van der Waals surface area contributed by atoms with Crippen molar-refractivity contribution in [2.24, 2.45) is 0 Å². The Balaban J connectivity index is 2.31. The quantitative estimate of drug-likeness (QED) is 0.829. The predicted molar refractivity (Wildman–Crippen MR) is 70.2 cm³/mol. The Morgan fingerprint density at radius 3 is 2.53 bits per heavy atom. The molecule has 2 aromatic rings. The lowest BCUT2D eigenvalue weighted by Crippen LogP contribution is -2.15. The second-order valence-electron chi connectivity index (χ2n) is 3.79. The first-order valence-corrected chi connectivity index (χ1v) is 5.67. The second kappa shape index (κ2) is 5.24. The van der Waals surface area contributed by atoms with Crippen LogP contribution >= 0.6 is 11.6 Å². The van der Waals surface area contributed by atoms with Gasteiger partial charge < -0.3 is 11.1 Å². The predicted octanol–water partition coefficient (Wildman–Crippen LogP) is 3.45. The zero-order valence-electron chi connectivity index (χ0n) is 9.58. The van der Waals surface area contributed by atoms with E-state index in [1.807, 2.05) is 0 Å². The molecule has 0 unspecified atom stereocenters. The summed E-state index contributed by atoms with van der Waals surface area (Å²) in [7, 11) is 0. The molecule has 3 N–H and O–H groups in total. The molecule has 19 heavy (non-hydrogen) atoms. The maximum Gasteiger partial charge on any atom is 0.260 e. The van der Waals surface area contributed by atoms with Crippen LogP contribution in [0.5, 0.6) is 0 Å². The molecule has 0 spiro atoms. The van der Waals surface area contributed by atoms with Gasteiger partial charge in [0.25, 0.3) is 5.91 Å². The van der Waals surface area contributed by atoms with Gasteiger partial charge in [-0.2, -0.15) is 0 Å². The van der Waals surface area contributed by atoms with Crippen LogP contribution < -0.4 is 11.1 Å². The lowest BCUT2D eigenvalue weighted by molar-refractivity contribution is 0.102. The van der Waals surface area contributed by atoms with Gasteiger partial charge in [0.2, 0.25) is 0 Å². The van der Waals surface area contributed by atoms with Crippen LogP contribution in [-0.4, -0.2) is 5.91 Å². The molecule has 98 valence electrons. The minimum atomic E-state index is -0.827. The molecule has 0 aliphatic carbocycles. The van der Waals surface area contributed by atoms with Crippen LogP contribution in [0.2, 0.25) is 5.02 Å². The van der Waals surface area contributed by atoms with Crippen molar-refractivity contribution in [2.75, 3.05) is 11.1 Å².